The minimum Gasteiger partial charge on any atom is -0.504 e. The van der Waals surface area contributed by atoms with Crippen molar-refractivity contribution in [1.82, 2.24) is 0 Å². The zero-order valence-corrected chi connectivity index (χ0v) is 10.3. The van der Waals surface area contributed by atoms with Crippen LogP contribution in [0.5, 0.6) is 17.2 Å². The summed E-state index contributed by atoms with van der Waals surface area (Å²) >= 11 is 0. The van der Waals surface area contributed by atoms with Crippen LogP contribution in [0.2, 0.25) is 0 Å². The Hall–Kier alpha value is -1.64. The number of rotatable bonds is 4. The average molecular weight is 222 g/mol. The van der Waals surface area contributed by atoms with Gasteiger partial charge in [-0.1, -0.05) is 12.2 Å². The van der Waals surface area contributed by atoms with Crippen molar-refractivity contribution < 1.29 is 14.6 Å². The Bertz CT molecular complexity index is 408. The normalized spacial score (nSPS) is 10.0. The standard InChI is InChI=1S/C13H18O3/c1-8(2)6-10-9(3)7-11(15-4)13(16-5)12(10)14/h7,14H,1,6H2,2-5H3. The second kappa shape index (κ2) is 4.92. The number of benzene rings is 1. The monoisotopic (exact) mass is 222 g/mol. The van der Waals surface area contributed by atoms with E-state index in [2.05, 4.69) is 6.58 Å². The van der Waals surface area contributed by atoms with Crippen molar-refractivity contribution in [2.24, 2.45) is 0 Å². The number of phenols is 1. The van der Waals surface area contributed by atoms with Gasteiger partial charge in [0.25, 0.3) is 0 Å². The van der Waals surface area contributed by atoms with E-state index in [0.29, 0.717) is 17.9 Å². The van der Waals surface area contributed by atoms with Gasteiger partial charge in [-0.2, -0.15) is 0 Å². The predicted octanol–water partition coefficient (Wildman–Crippen LogP) is 2.84. The molecule has 0 bridgehead atoms. The second-order valence-corrected chi connectivity index (χ2v) is 3.89. The first-order chi connectivity index (χ1) is 7.51. The number of aryl methyl sites for hydroxylation is 1. The van der Waals surface area contributed by atoms with E-state index < -0.39 is 0 Å². The SMILES string of the molecule is C=C(C)Cc1c(C)cc(OC)c(OC)c1O. The Kier molecular flexibility index (Phi) is 3.82. The molecule has 0 aliphatic rings. The van der Waals surface area contributed by atoms with Crippen LogP contribution in [0.3, 0.4) is 0 Å². The van der Waals surface area contributed by atoms with E-state index in [1.54, 1.807) is 7.11 Å². The molecule has 0 radical (unpaired) electrons. The Labute approximate surface area is 96.3 Å². The zero-order valence-electron chi connectivity index (χ0n) is 10.3. The highest BCUT2D eigenvalue weighted by atomic mass is 16.5. The summed E-state index contributed by atoms with van der Waals surface area (Å²) in [6, 6.07) is 1.86. The Balaban J connectivity index is 3.34. The molecule has 0 amide bonds. The average Bonchev–Trinajstić information content (AvgIpc) is 2.23. The highest BCUT2D eigenvalue weighted by Gasteiger charge is 2.16. The predicted molar refractivity (Wildman–Crippen MR) is 64.5 cm³/mol. The third-order valence-electron chi connectivity index (χ3n) is 2.45. The molecule has 0 unspecified atom stereocenters. The van der Waals surface area contributed by atoms with Crippen molar-refractivity contribution in [2.45, 2.75) is 20.3 Å². The van der Waals surface area contributed by atoms with Crippen molar-refractivity contribution >= 4 is 0 Å². The molecule has 0 saturated carbocycles. The molecule has 0 heterocycles. The maximum absolute atomic E-state index is 10.1. The summed E-state index contributed by atoms with van der Waals surface area (Å²) in [7, 11) is 3.06. The Morgan fingerprint density at radius 1 is 1.38 bits per heavy atom. The quantitative estimate of drug-likeness (QED) is 0.796. The fraction of sp³-hybridized carbons (Fsp3) is 0.385. The van der Waals surface area contributed by atoms with Crippen LogP contribution in [0.4, 0.5) is 0 Å². The van der Waals surface area contributed by atoms with Gasteiger partial charge in [0.05, 0.1) is 14.2 Å². The lowest BCUT2D eigenvalue weighted by Gasteiger charge is -2.15. The minimum atomic E-state index is 0.141. The van der Waals surface area contributed by atoms with Gasteiger partial charge in [0.15, 0.2) is 11.5 Å². The van der Waals surface area contributed by atoms with Crippen LogP contribution in [0.25, 0.3) is 0 Å². The first-order valence-electron chi connectivity index (χ1n) is 5.09. The number of phenolic OH excluding ortho intramolecular Hbond substituents is 1. The summed E-state index contributed by atoms with van der Waals surface area (Å²) in [4.78, 5) is 0. The number of allylic oxidation sites excluding steroid dienone is 1. The van der Waals surface area contributed by atoms with Crippen molar-refractivity contribution in [3.05, 3.63) is 29.3 Å². The molecule has 0 spiro atoms. The molecule has 0 aliphatic carbocycles. The molecule has 0 aromatic heterocycles. The first kappa shape index (κ1) is 12.4. The van der Waals surface area contributed by atoms with E-state index in [4.69, 9.17) is 9.47 Å². The molecular formula is C13H18O3. The van der Waals surface area contributed by atoms with Crippen molar-refractivity contribution in [3.8, 4) is 17.2 Å². The van der Waals surface area contributed by atoms with Gasteiger partial charge >= 0.3 is 0 Å². The van der Waals surface area contributed by atoms with Crippen LogP contribution in [0, 0.1) is 6.92 Å². The summed E-state index contributed by atoms with van der Waals surface area (Å²) in [5.74, 6) is 1.06. The molecule has 3 nitrogen and oxygen atoms in total. The van der Waals surface area contributed by atoms with Gasteiger partial charge in [-0.15, -0.1) is 0 Å². The molecule has 16 heavy (non-hydrogen) atoms. The summed E-state index contributed by atoms with van der Waals surface area (Å²) < 4.78 is 10.3. The van der Waals surface area contributed by atoms with Crippen molar-refractivity contribution in [2.75, 3.05) is 14.2 Å². The highest BCUT2D eigenvalue weighted by molar-refractivity contribution is 5.58. The van der Waals surface area contributed by atoms with E-state index in [0.717, 1.165) is 16.7 Å². The zero-order chi connectivity index (χ0) is 12.3. The maximum Gasteiger partial charge on any atom is 0.203 e. The lowest BCUT2D eigenvalue weighted by molar-refractivity contribution is 0.331. The molecular weight excluding hydrogens is 204 g/mol. The molecule has 88 valence electrons. The fourth-order valence-electron chi connectivity index (χ4n) is 1.66. The van der Waals surface area contributed by atoms with Crippen molar-refractivity contribution in [3.63, 3.8) is 0 Å². The number of ether oxygens (including phenoxy) is 2. The van der Waals surface area contributed by atoms with Crippen LogP contribution in [0.15, 0.2) is 18.2 Å². The summed E-state index contributed by atoms with van der Waals surface area (Å²) in [5.41, 5.74) is 2.80. The van der Waals surface area contributed by atoms with Crippen LogP contribution in [-0.4, -0.2) is 19.3 Å². The number of hydrogen-bond acceptors (Lipinski definition) is 3. The summed E-state index contributed by atoms with van der Waals surface area (Å²) in [6.07, 6.45) is 0.637. The molecule has 1 rings (SSSR count). The summed E-state index contributed by atoms with van der Waals surface area (Å²) in [5, 5.41) is 10.1. The van der Waals surface area contributed by atoms with Gasteiger partial charge in [-0.25, -0.2) is 0 Å². The van der Waals surface area contributed by atoms with E-state index in [1.807, 2.05) is 19.9 Å². The van der Waals surface area contributed by atoms with Gasteiger partial charge in [0.1, 0.15) is 0 Å². The molecule has 0 atom stereocenters. The molecule has 1 aromatic rings. The lowest BCUT2D eigenvalue weighted by atomic mass is 10.00. The minimum absolute atomic E-state index is 0.141. The number of hydrogen-bond donors (Lipinski definition) is 1. The third-order valence-corrected chi connectivity index (χ3v) is 2.45. The number of methoxy groups -OCH3 is 2. The van der Waals surface area contributed by atoms with Crippen LogP contribution < -0.4 is 9.47 Å². The Morgan fingerprint density at radius 2 is 2.00 bits per heavy atom. The van der Waals surface area contributed by atoms with Crippen LogP contribution in [-0.2, 0) is 6.42 Å². The van der Waals surface area contributed by atoms with Crippen LogP contribution >= 0.6 is 0 Å². The van der Waals surface area contributed by atoms with Gasteiger partial charge in [-0.05, 0) is 31.9 Å². The van der Waals surface area contributed by atoms with Gasteiger partial charge in [0.2, 0.25) is 5.75 Å². The highest BCUT2D eigenvalue weighted by Crippen LogP contribution is 2.41. The van der Waals surface area contributed by atoms with Gasteiger partial charge in [0, 0.05) is 5.56 Å². The van der Waals surface area contributed by atoms with Crippen molar-refractivity contribution in [1.29, 1.82) is 0 Å². The summed E-state index contributed by atoms with van der Waals surface area (Å²) in [6.45, 7) is 7.70. The smallest absolute Gasteiger partial charge is 0.203 e. The van der Waals surface area contributed by atoms with E-state index in [1.165, 1.54) is 7.11 Å². The number of aromatic hydroxyl groups is 1. The topological polar surface area (TPSA) is 38.7 Å². The van der Waals surface area contributed by atoms with E-state index in [-0.39, 0.29) is 5.75 Å². The molecule has 0 saturated heterocycles. The molecule has 0 fully saturated rings. The first-order valence-corrected chi connectivity index (χ1v) is 5.09. The molecule has 0 aliphatic heterocycles. The second-order valence-electron chi connectivity index (χ2n) is 3.89. The van der Waals surface area contributed by atoms with E-state index in [9.17, 15) is 5.11 Å². The Morgan fingerprint density at radius 3 is 2.44 bits per heavy atom. The lowest BCUT2D eigenvalue weighted by Crippen LogP contribution is -1.98. The molecule has 3 heteroatoms. The maximum atomic E-state index is 10.1. The van der Waals surface area contributed by atoms with Gasteiger partial charge < -0.3 is 14.6 Å². The largest absolute Gasteiger partial charge is 0.504 e. The van der Waals surface area contributed by atoms with Gasteiger partial charge in [-0.3, -0.25) is 0 Å². The molecule has 1 aromatic carbocycles. The van der Waals surface area contributed by atoms with Crippen LogP contribution in [0.1, 0.15) is 18.1 Å². The third kappa shape index (κ3) is 2.30. The fourth-order valence-corrected chi connectivity index (χ4v) is 1.66. The van der Waals surface area contributed by atoms with E-state index >= 15 is 0 Å². The molecule has 1 N–H and O–H groups in total.